The van der Waals surface area contributed by atoms with Crippen molar-refractivity contribution >= 4 is 21.9 Å². The van der Waals surface area contributed by atoms with Gasteiger partial charge in [0.25, 0.3) is 0 Å². The van der Waals surface area contributed by atoms with Crippen molar-refractivity contribution in [2.24, 2.45) is 5.92 Å². The number of carboxylic acids is 1. The molecule has 116 valence electrons. The monoisotopic (exact) mass is 306 g/mol. The Balaban J connectivity index is 2.76. The molecule has 20 heavy (non-hydrogen) atoms. The number of sulfonamides is 1. The van der Waals surface area contributed by atoms with E-state index >= 15 is 0 Å². The highest BCUT2D eigenvalue weighted by Crippen LogP contribution is 2.20. The van der Waals surface area contributed by atoms with E-state index in [0.717, 1.165) is 10.6 Å². The first-order valence-corrected chi connectivity index (χ1v) is 8.47. The lowest BCUT2D eigenvalue weighted by Crippen LogP contribution is -2.50. The number of amides is 1. The molecule has 1 unspecified atom stereocenters. The Kier molecular flexibility index (Phi) is 5.52. The van der Waals surface area contributed by atoms with Crippen LogP contribution in [0.3, 0.4) is 0 Å². The summed E-state index contributed by atoms with van der Waals surface area (Å²) in [6, 6.07) is -1.77. The minimum Gasteiger partial charge on any atom is -0.480 e. The molecule has 1 fully saturated rings. The second-order valence-corrected chi connectivity index (χ2v) is 7.50. The van der Waals surface area contributed by atoms with Crippen molar-refractivity contribution in [2.75, 3.05) is 12.8 Å². The predicted octanol–water partition coefficient (Wildman–Crippen LogP) is 0.0259. The number of carbonyl (C=O) groups excluding carboxylic acids is 1. The second-order valence-electron chi connectivity index (χ2n) is 5.56. The molecule has 0 spiro atoms. The maximum absolute atomic E-state index is 12.1. The van der Waals surface area contributed by atoms with E-state index in [1.54, 1.807) is 0 Å². The summed E-state index contributed by atoms with van der Waals surface area (Å²) < 4.78 is 24.3. The van der Waals surface area contributed by atoms with E-state index < -0.39 is 34.0 Å². The van der Waals surface area contributed by atoms with Crippen molar-refractivity contribution in [1.82, 2.24) is 9.62 Å². The summed E-state index contributed by atoms with van der Waals surface area (Å²) >= 11 is 0. The van der Waals surface area contributed by atoms with Gasteiger partial charge in [0, 0.05) is 6.54 Å². The molecule has 0 saturated carbocycles. The fourth-order valence-corrected chi connectivity index (χ4v) is 3.48. The average Bonchev–Trinajstić information content (AvgIpc) is 2.75. The summed E-state index contributed by atoms with van der Waals surface area (Å²) in [5, 5.41) is 11.5. The Bertz CT molecular complexity index is 474. The molecule has 2 atom stereocenters. The molecule has 1 aliphatic rings. The topological polar surface area (TPSA) is 104 Å². The molecule has 0 aliphatic carbocycles. The number of nitrogens with zero attached hydrogens (tertiary/aromatic N) is 1. The van der Waals surface area contributed by atoms with Crippen molar-refractivity contribution in [2.45, 2.75) is 45.2 Å². The van der Waals surface area contributed by atoms with E-state index in [1.165, 1.54) is 0 Å². The molecular formula is C12H22N2O5S. The fraction of sp³-hybridized carbons (Fsp3) is 0.833. The number of rotatable bonds is 6. The quantitative estimate of drug-likeness (QED) is 0.720. The van der Waals surface area contributed by atoms with Crippen LogP contribution >= 0.6 is 0 Å². The molecule has 0 aromatic rings. The van der Waals surface area contributed by atoms with Crippen LogP contribution in [0.1, 0.15) is 33.1 Å². The Hall–Kier alpha value is -1.15. The van der Waals surface area contributed by atoms with Gasteiger partial charge in [-0.2, -0.15) is 4.31 Å². The van der Waals surface area contributed by atoms with Crippen LogP contribution in [0.2, 0.25) is 0 Å². The standard InChI is InChI=1S/C12H22N2O5S/c1-8(2)7-9(12(16)17)13-11(15)10-5-4-6-14(10)20(3,18)19/h8-10H,4-7H2,1-3H3,(H,13,15)(H,16,17)/t9-,10?/m1/s1. The summed E-state index contributed by atoms with van der Waals surface area (Å²) in [4.78, 5) is 23.2. The number of carboxylic acid groups (broad SMARTS) is 1. The largest absolute Gasteiger partial charge is 0.480 e. The summed E-state index contributed by atoms with van der Waals surface area (Å²) in [6.45, 7) is 4.03. The van der Waals surface area contributed by atoms with Gasteiger partial charge in [-0.05, 0) is 25.2 Å². The van der Waals surface area contributed by atoms with E-state index in [2.05, 4.69) is 5.32 Å². The molecule has 0 aromatic heterocycles. The van der Waals surface area contributed by atoms with Crippen molar-refractivity contribution in [3.8, 4) is 0 Å². The van der Waals surface area contributed by atoms with Gasteiger partial charge in [-0.25, -0.2) is 13.2 Å². The zero-order valence-electron chi connectivity index (χ0n) is 12.0. The third-order valence-electron chi connectivity index (χ3n) is 3.25. The molecular weight excluding hydrogens is 284 g/mol. The normalized spacial score (nSPS) is 21.9. The molecule has 0 aromatic carbocycles. The van der Waals surface area contributed by atoms with Crippen LogP contribution in [0, 0.1) is 5.92 Å². The van der Waals surface area contributed by atoms with E-state index in [0.29, 0.717) is 25.8 Å². The maximum atomic E-state index is 12.1. The molecule has 0 radical (unpaired) electrons. The van der Waals surface area contributed by atoms with Gasteiger partial charge < -0.3 is 10.4 Å². The predicted molar refractivity (Wildman–Crippen MR) is 73.6 cm³/mol. The van der Waals surface area contributed by atoms with E-state index in [-0.39, 0.29) is 5.92 Å². The first kappa shape index (κ1) is 16.9. The Labute approximate surface area is 119 Å². The van der Waals surface area contributed by atoms with E-state index in [1.807, 2.05) is 13.8 Å². The highest BCUT2D eigenvalue weighted by Gasteiger charge is 2.37. The van der Waals surface area contributed by atoms with Gasteiger partial charge in [0.2, 0.25) is 15.9 Å². The lowest BCUT2D eigenvalue weighted by molar-refractivity contribution is -0.142. The van der Waals surface area contributed by atoms with Crippen LogP contribution in [0.4, 0.5) is 0 Å². The highest BCUT2D eigenvalue weighted by molar-refractivity contribution is 7.88. The number of carbonyl (C=O) groups is 2. The molecule has 2 N–H and O–H groups in total. The third-order valence-corrected chi connectivity index (χ3v) is 4.54. The molecule has 1 aliphatic heterocycles. The van der Waals surface area contributed by atoms with Crippen LogP contribution < -0.4 is 5.32 Å². The smallest absolute Gasteiger partial charge is 0.326 e. The Morgan fingerprint density at radius 3 is 2.45 bits per heavy atom. The Morgan fingerprint density at radius 1 is 1.40 bits per heavy atom. The van der Waals surface area contributed by atoms with Gasteiger partial charge >= 0.3 is 5.97 Å². The lowest BCUT2D eigenvalue weighted by atomic mass is 10.0. The van der Waals surface area contributed by atoms with Gasteiger partial charge in [0.1, 0.15) is 12.1 Å². The first-order valence-electron chi connectivity index (χ1n) is 6.63. The highest BCUT2D eigenvalue weighted by atomic mass is 32.2. The van der Waals surface area contributed by atoms with Crippen molar-refractivity contribution in [1.29, 1.82) is 0 Å². The average molecular weight is 306 g/mol. The minimum atomic E-state index is -3.45. The lowest BCUT2D eigenvalue weighted by Gasteiger charge is -2.24. The van der Waals surface area contributed by atoms with E-state index in [4.69, 9.17) is 5.11 Å². The SMILES string of the molecule is CC(C)C[C@@H](NC(=O)C1CCCN1S(C)(=O)=O)C(=O)O. The second kappa shape index (κ2) is 6.53. The zero-order chi connectivity index (χ0) is 15.5. The Morgan fingerprint density at radius 2 is 2.00 bits per heavy atom. The number of hydrogen-bond acceptors (Lipinski definition) is 4. The van der Waals surface area contributed by atoms with Crippen molar-refractivity contribution in [3.63, 3.8) is 0 Å². The van der Waals surface area contributed by atoms with Gasteiger partial charge in [0.15, 0.2) is 0 Å². The van der Waals surface area contributed by atoms with Crippen LogP contribution in [-0.4, -0.2) is 54.6 Å². The minimum absolute atomic E-state index is 0.117. The first-order chi connectivity index (χ1) is 9.12. The van der Waals surface area contributed by atoms with Gasteiger partial charge in [-0.1, -0.05) is 13.8 Å². The summed E-state index contributed by atoms with van der Waals surface area (Å²) in [6.07, 6.45) is 2.40. The summed E-state index contributed by atoms with van der Waals surface area (Å²) in [5.41, 5.74) is 0. The number of nitrogens with one attached hydrogen (secondary N) is 1. The molecule has 1 rings (SSSR count). The van der Waals surface area contributed by atoms with Gasteiger partial charge in [-0.15, -0.1) is 0 Å². The van der Waals surface area contributed by atoms with Crippen LogP contribution in [0.15, 0.2) is 0 Å². The van der Waals surface area contributed by atoms with Crippen molar-refractivity contribution in [3.05, 3.63) is 0 Å². The van der Waals surface area contributed by atoms with E-state index in [9.17, 15) is 18.0 Å². The van der Waals surface area contributed by atoms with Gasteiger partial charge in [-0.3, -0.25) is 4.79 Å². The number of hydrogen-bond donors (Lipinski definition) is 2. The van der Waals surface area contributed by atoms with Crippen LogP contribution in [0.25, 0.3) is 0 Å². The fourth-order valence-electron chi connectivity index (χ4n) is 2.36. The molecule has 7 nitrogen and oxygen atoms in total. The number of aliphatic carboxylic acids is 1. The molecule has 1 heterocycles. The molecule has 8 heteroatoms. The summed E-state index contributed by atoms with van der Waals surface area (Å²) in [5.74, 6) is -1.51. The molecule has 0 bridgehead atoms. The summed E-state index contributed by atoms with van der Waals surface area (Å²) in [7, 11) is -3.45. The zero-order valence-corrected chi connectivity index (χ0v) is 12.8. The van der Waals surface area contributed by atoms with Gasteiger partial charge in [0.05, 0.1) is 6.26 Å². The van der Waals surface area contributed by atoms with Crippen LogP contribution in [0.5, 0.6) is 0 Å². The maximum Gasteiger partial charge on any atom is 0.326 e. The van der Waals surface area contributed by atoms with Crippen molar-refractivity contribution < 1.29 is 23.1 Å². The molecule has 1 saturated heterocycles. The van der Waals surface area contributed by atoms with Crippen LogP contribution in [-0.2, 0) is 19.6 Å². The molecule has 1 amide bonds. The third kappa shape index (κ3) is 4.45.